The van der Waals surface area contributed by atoms with Gasteiger partial charge < -0.3 is 0 Å². The molecule has 5 rings (SSSR count). The highest BCUT2D eigenvalue weighted by Gasteiger charge is 2.35. The van der Waals surface area contributed by atoms with E-state index in [4.69, 9.17) is 0 Å². The zero-order chi connectivity index (χ0) is 19.3. The lowest BCUT2D eigenvalue weighted by Crippen LogP contribution is -2.51. The van der Waals surface area contributed by atoms with Gasteiger partial charge in [0.15, 0.2) is 6.17 Å². The van der Waals surface area contributed by atoms with Gasteiger partial charge in [-0.2, -0.15) is 0 Å². The Kier molecular flexibility index (Phi) is 3.75. The number of halogens is 1. The van der Waals surface area contributed by atoms with E-state index in [2.05, 4.69) is 32.3 Å². The molecule has 6 nitrogen and oxygen atoms in total. The number of rotatable bonds is 1. The summed E-state index contributed by atoms with van der Waals surface area (Å²) in [7, 11) is 0. The first-order valence-electron chi connectivity index (χ1n) is 9.22. The first kappa shape index (κ1) is 16.7. The van der Waals surface area contributed by atoms with Gasteiger partial charge in [-0.3, -0.25) is 10.1 Å². The second-order valence-electron chi connectivity index (χ2n) is 7.03. The van der Waals surface area contributed by atoms with Crippen molar-refractivity contribution in [1.82, 2.24) is 14.9 Å². The molecule has 0 bridgehead atoms. The number of nitrogens with one attached hydrogen (secondary N) is 2. The van der Waals surface area contributed by atoms with Crippen LogP contribution in [0.2, 0.25) is 0 Å². The molecule has 3 heterocycles. The molecule has 0 unspecified atom stereocenters. The van der Waals surface area contributed by atoms with Crippen LogP contribution in [0, 0.1) is 12.7 Å². The molecule has 0 spiro atoms. The third kappa shape index (κ3) is 2.67. The van der Waals surface area contributed by atoms with Gasteiger partial charge in [0.05, 0.1) is 6.54 Å². The lowest BCUT2D eigenvalue weighted by molar-refractivity contribution is -0.432. The van der Waals surface area contributed by atoms with Gasteiger partial charge in [0.25, 0.3) is 11.5 Å². The molecule has 0 saturated heterocycles. The van der Waals surface area contributed by atoms with Crippen LogP contribution >= 0.6 is 0 Å². The molecule has 0 aliphatic carbocycles. The SMILES string of the molecule is Cc1cc(=O)n2c(n1)NC(=[N+]1CCc3ccccc31)N[C@H]2c1ccc(F)cc1. The van der Waals surface area contributed by atoms with Crippen molar-refractivity contribution >= 4 is 17.6 Å². The summed E-state index contributed by atoms with van der Waals surface area (Å²) in [6, 6.07) is 15.9. The van der Waals surface area contributed by atoms with Crippen molar-refractivity contribution in [2.24, 2.45) is 0 Å². The molecule has 2 aliphatic heterocycles. The third-order valence-electron chi connectivity index (χ3n) is 5.18. The molecule has 0 radical (unpaired) electrons. The van der Waals surface area contributed by atoms with Crippen LogP contribution in [0.3, 0.4) is 0 Å². The van der Waals surface area contributed by atoms with Crippen LogP contribution in [0.1, 0.15) is 23.0 Å². The van der Waals surface area contributed by atoms with E-state index in [-0.39, 0.29) is 11.4 Å². The van der Waals surface area contributed by atoms with Crippen molar-refractivity contribution in [2.45, 2.75) is 19.5 Å². The van der Waals surface area contributed by atoms with Crippen molar-refractivity contribution < 1.29 is 8.97 Å². The minimum absolute atomic E-state index is 0.169. The molecule has 7 heteroatoms. The van der Waals surface area contributed by atoms with Gasteiger partial charge in [-0.15, -0.1) is 0 Å². The maximum Gasteiger partial charge on any atom is 0.360 e. The van der Waals surface area contributed by atoms with E-state index in [1.54, 1.807) is 23.6 Å². The molecule has 0 saturated carbocycles. The molecular formula is C21H19FN5O+. The Morgan fingerprint density at radius 2 is 1.96 bits per heavy atom. The Morgan fingerprint density at radius 3 is 2.79 bits per heavy atom. The second kappa shape index (κ2) is 6.30. The Labute approximate surface area is 161 Å². The molecule has 2 aromatic carbocycles. The summed E-state index contributed by atoms with van der Waals surface area (Å²) in [4.78, 5) is 17.2. The van der Waals surface area contributed by atoms with E-state index < -0.39 is 6.17 Å². The first-order chi connectivity index (χ1) is 13.6. The Hall–Kier alpha value is -3.48. The van der Waals surface area contributed by atoms with E-state index in [1.165, 1.54) is 23.8 Å². The highest BCUT2D eigenvalue weighted by atomic mass is 19.1. The maximum absolute atomic E-state index is 13.4. The number of nitrogens with zero attached hydrogens (tertiary/aromatic N) is 3. The Balaban J connectivity index is 1.69. The summed E-state index contributed by atoms with van der Waals surface area (Å²) in [6.07, 6.45) is 0.457. The highest BCUT2D eigenvalue weighted by Crippen LogP contribution is 2.28. The van der Waals surface area contributed by atoms with Crippen molar-refractivity contribution in [1.29, 1.82) is 0 Å². The van der Waals surface area contributed by atoms with E-state index >= 15 is 0 Å². The summed E-state index contributed by atoms with van der Waals surface area (Å²) >= 11 is 0. The van der Waals surface area contributed by atoms with Gasteiger partial charge in [0, 0.05) is 23.7 Å². The van der Waals surface area contributed by atoms with Crippen LogP contribution in [-0.2, 0) is 6.42 Å². The number of aryl methyl sites for hydroxylation is 1. The Morgan fingerprint density at radius 1 is 1.18 bits per heavy atom. The topological polar surface area (TPSA) is 62.0 Å². The van der Waals surface area contributed by atoms with Gasteiger partial charge in [-0.25, -0.2) is 23.8 Å². The molecule has 0 amide bonds. The molecule has 2 N–H and O–H groups in total. The van der Waals surface area contributed by atoms with Crippen LogP contribution in [0.25, 0.3) is 0 Å². The summed E-state index contributed by atoms with van der Waals surface area (Å²) in [6.45, 7) is 2.62. The molecular weight excluding hydrogens is 357 g/mol. The van der Waals surface area contributed by atoms with E-state index in [9.17, 15) is 9.18 Å². The lowest BCUT2D eigenvalue weighted by Gasteiger charge is -2.27. The smallest absolute Gasteiger partial charge is 0.269 e. The van der Waals surface area contributed by atoms with Gasteiger partial charge in [-0.1, -0.05) is 30.3 Å². The predicted octanol–water partition coefficient (Wildman–Crippen LogP) is 2.51. The number of benzene rings is 2. The number of hydrogen-bond donors (Lipinski definition) is 2. The average molecular weight is 376 g/mol. The molecule has 2 aliphatic rings. The number of para-hydroxylation sites is 1. The van der Waals surface area contributed by atoms with Crippen LogP contribution in [-0.4, -0.2) is 26.6 Å². The molecule has 1 atom stereocenters. The molecule has 1 aromatic heterocycles. The van der Waals surface area contributed by atoms with E-state index in [0.717, 1.165) is 30.2 Å². The third-order valence-corrected chi connectivity index (χ3v) is 5.18. The van der Waals surface area contributed by atoms with Crippen molar-refractivity contribution in [3.05, 3.63) is 87.6 Å². The summed E-state index contributed by atoms with van der Waals surface area (Å²) < 4.78 is 17.2. The normalized spacial score (nSPS) is 20.1. The summed E-state index contributed by atoms with van der Waals surface area (Å²) in [5, 5.41) is 6.70. The van der Waals surface area contributed by atoms with Gasteiger partial charge in [-0.05, 0) is 30.7 Å². The van der Waals surface area contributed by atoms with Crippen LogP contribution < -0.4 is 16.2 Å². The quantitative estimate of drug-likeness (QED) is 0.641. The second-order valence-corrected chi connectivity index (χ2v) is 7.03. The average Bonchev–Trinajstić information content (AvgIpc) is 3.11. The summed E-state index contributed by atoms with van der Waals surface area (Å²) in [5.74, 6) is 0.916. The van der Waals surface area contributed by atoms with Gasteiger partial charge in [0.1, 0.15) is 11.5 Å². The van der Waals surface area contributed by atoms with E-state index in [1.807, 2.05) is 12.1 Å². The first-order valence-corrected chi connectivity index (χ1v) is 9.22. The molecule has 3 aromatic rings. The fourth-order valence-corrected chi connectivity index (χ4v) is 3.87. The van der Waals surface area contributed by atoms with Gasteiger partial charge in [0.2, 0.25) is 0 Å². The highest BCUT2D eigenvalue weighted by molar-refractivity contribution is 5.91. The zero-order valence-corrected chi connectivity index (χ0v) is 15.3. The molecule has 0 fully saturated rings. The minimum atomic E-state index is -0.486. The van der Waals surface area contributed by atoms with Crippen LogP contribution in [0.5, 0.6) is 0 Å². The van der Waals surface area contributed by atoms with E-state index in [0.29, 0.717) is 11.6 Å². The molecule has 140 valence electrons. The van der Waals surface area contributed by atoms with Crippen LogP contribution in [0.15, 0.2) is 59.4 Å². The summed E-state index contributed by atoms with van der Waals surface area (Å²) in [5.41, 5.74) is 3.65. The van der Waals surface area contributed by atoms with Gasteiger partial charge >= 0.3 is 5.96 Å². The van der Waals surface area contributed by atoms with Crippen molar-refractivity contribution in [3.63, 3.8) is 0 Å². The lowest BCUT2D eigenvalue weighted by atomic mass is 10.1. The van der Waals surface area contributed by atoms with Crippen molar-refractivity contribution in [2.75, 3.05) is 11.9 Å². The maximum atomic E-state index is 13.4. The zero-order valence-electron chi connectivity index (χ0n) is 15.3. The molecule has 28 heavy (non-hydrogen) atoms. The van der Waals surface area contributed by atoms with Crippen molar-refractivity contribution in [3.8, 4) is 0 Å². The monoisotopic (exact) mass is 376 g/mol. The number of hydrogen-bond acceptors (Lipinski definition) is 2. The fourth-order valence-electron chi connectivity index (χ4n) is 3.87. The fraction of sp³-hybridized carbons (Fsp3) is 0.190. The standard InChI is InChI=1S/C21H18FN5O/c1-13-12-18(28)27-19(15-6-8-16(22)9-7-15)24-20(25-21(27)23-13)26-11-10-14-4-2-3-5-17(14)26/h2-9,12,19H,10-11H2,1H3,(H,23,24,25,28)/p+1/t19-/m1/s1. The number of aromatic nitrogens is 2. The van der Waals surface area contributed by atoms with Crippen LogP contribution in [0.4, 0.5) is 16.0 Å². The Bertz CT molecular complexity index is 1170. The number of guanidine groups is 1. The number of anilines is 1. The minimum Gasteiger partial charge on any atom is -0.269 e. The largest absolute Gasteiger partial charge is 0.360 e. The predicted molar refractivity (Wildman–Crippen MR) is 104 cm³/mol. The number of fused-ring (bicyclic) bond motifs is 2.